The lowest BCUT2D eigenvalue weighted by molar-refractivity contribution is -0.346. The fourth-order valence-electron chi connectivity index (χ4n) is 10.2. The molecule has 0 spiro atoms. The van der Waals surface area contributed by atoms with Gasteiger partial charge in [0.05, 0.1) is 19.6 Å². The highest BCUT2D eigenvalue weighted by Gasteiger charge is 2.53. The van der Waals surface area contributed by atoms with Crippen LogP contribution in [0, 0.1) is 0 Å². The van der Waals surface area contributed by atoms with Gasteiger partial charge >= 0.3 is 11.9 Å². The Morgan fingerprint density at radius 1 is 0.554 bits per heavy atom. The van der Waals surface area contributed by atoms with Gasteiger partial charge in [0, 0.05) is 18.4 Å². The first-order chi connectivity index (χ1) is 36.4. The van der Waals surface area contributed by atoms with Gasteiger partial charge in [-0.05, 0) is 68.1 Å². The summed E-state index contributed by atoms with van der Waals surface area (Å²) in [5.74, 6) is -0.969. The van der Waals surface area contributed by atoms with Crippen LogP contribution in [-0.4, -0.2) is 61.2 Å². The van der Waals surface area contributed by atoms with E-state index < -0.39 is 43.0 Å². The number of nitrogens with one attached hydrogen (secondary N) is 1. The maximum atomic E-state index is 14.5. The number of hydrogen-bond donors (Lipinski definition) is 1. The SMILES string of the molecule is CCCCCCCCCCC[C@@H](CC(=O)N[C@H]1[C@@H](OCc2ccccc2)O[C@@H]2CO[C@@H](c3ccccc3)O[C@H]2[C@@H]1OC(=O)CCCCCCCCc1ccccc1)OC(=O)CCCCCCCCc1ccccc1. The molecule has 0 saturated carbocycles. The molecule has 0 radical (unpaired) electrons. The van der Waals surface area contributed by atoms with Crippen molar-refractivity contribution in [2.75, 3.05) is 6.61 Å². The third kappa shape index (κ3) is 22.5. The van der Waals surface area contributed by atoms with Gasteiger partial charge in [-0.1, -0.05) is 231 Å². The Balaban J connectivity index is 1.09. The van der Waals surface area contributed by atoms with Gasteiger partial charge in [-0.2, -0.15) is 0 Å². The minimum absolute atomic E-state index is 0.0389. The third-order valence-corrected chi connectivity index (χ3v) is 14.5. The summed E-state index contributed by atoms with van der Waals surface area (Å²) in [6.07, 6.45) is 21.3. The molecule has 1 amide bonds. The molecule has 6 rings (SSSR count). The molecular weight excluding hydrogens is 927 g/mol. The van der Waals surface area contributed by atoms with Gasteiger partial charge < -0.3 is 33.7 Å². The number of fused-ring (bicyclic) bond motifs is 1. The third-order valence-electron chi connectivity index (χ3n) is 14.5. The number of unbranched alkanes of at least 4 members (excludes halogenated alkanes) is 18. The molecule has 2 fully saturated rings. The number of amides is 1. The largest absolute Gasteiger partial charge is 0.462 e. The average Bonchev–Trinajstić information content (AvgIpc) is 3.42. The second-order valence-electron chi connectivity index (χ2n) is 20.7. The molecule has 0 aliphatic carbocycles. The molecule has 10 nitrogen and oxygen atoms in total. The summed E-state index contributed by atoms with van der Waals surface area (Å²) >= 11 is 0. The topological polar surface area (TPSA) is 119 Å². The van der Waals surface area contributed by atoms with E-state index in [0.717, 1.165) is 107 Å². The van der Waals surface area contributed by atoms with Gasteiger partial charge in [0.2, 0.25) is 5.91 Å². The number of ether oxygens (including phenoxy) is 6. The standard InChI is InChI=1S/C64H89NO9/c1-2-3-4-5-6-7-8-15-32-45-55(71-58(67)46-33-16-11-9-13-22-35-51-37-24-18-25-38-51)48-57(66)65-60-62(73-59(68)47-34-17-12-10-14-23-36-52-39-26-19-27-40-52)61-56(50-70-63(74-61)54-43-30-21-31-44-54)72-64(60)69-49-53-41-28-20-29-42-53/h18-21,24-31,37-44,55-56,60-64H,2-17,22-23,32-36,45-50H2,1H3,(H,65,66)/t55-,56+,60+,61+,62+,63+,64-/m0/s1. The average molecular weight is 1020 g/mol. The van der Waals surface area contributed by atoms with Crippen molar-refractivity contribution in [1.29, 1.82) is 0 Å². The Kier molecular flexibility index (Phi) is 27.9. The summed E-state index contributed by atoms with van der Waals surface area (Å²) in [5.41, 5.74) is 4.49. The zero-order chi connectivity index (χ0) is 51.7. The van der Waals surface area contributed by atoms with Crippen molar-refractivity contribution in [3.63, 3.8) is 0 Å². The summed E-state index contributed by atoms with van der Waals surface area (Å²) in [6.45, 7) is 2.60. The van der Waals surface area contributed by atoms with Crippen molar-refractivity contribution < 1.29 is 42.8 Å². The van der Waals surface area contributed by atoms with E-state index in [1.807, 2.05) is 60.7 Å². The zero-order valence-corrected chi connectivity index (χ0v) is 44.8. The summed E-state index contributed by atoms with van der Waals surface area (Å²) in [7, 11) is 0. The molecular formula is C64H89NO9. The van der Waals surface area contributed by atoms with Crippen LogP contribution < -0.4 is 5.32 Å². The van der Waals surface area contributed by atoms with Gasteiger partial charge in [-0.25, -0.2) is 0 Å². The van der Waals surface area contributed by atoms with Crippen LogP contribution in [0.4, 0.5) is 0 Å². The smallest absolute Gasteiger partial charge is 0.306 e. The van der Waals surface area contributed by atoms with E-state index in [2.05, 4.69) is 72.9 Å². The van der Waals surface area contributed by atoms with E-state index >= 15 is 0 Å². The Hall–Kier alpha value is -4.87. The second kappa shape index (κ2) is 35.4. The first-order valence-corrected chi connectivity index (χ1v) is 28.8. The van der Waals surface area contributed by atoms with E-state index in [4.69, 9.17) is 28.4 Å². The molecule has 10 heteroatoms. The van der Waals surface area contributed by atoms with Gasteiger partial charge in [-0.15, -0.1) is 0 Å². The minimum Gasteiger partial charge on any atom is -0.462 e. The van der Waals surface area contributed by atoms with Crippen LogP contribution in [0.25, 0.3) is 0 Å². The van der Waals surface area contributed by atoms with Crippen LogP contribution in [0.3, 0.4) is 0 Å². The van der Waals surface area contributed by atoms with Gasteiger partial charge in [0.25, 0.3) is 0 Å². The van der Waals surface area contributed by atoms with E-state index in [9.17, 15) is 14.4 Å². The van der Waals surface area contributed by atoms with Gasteiger partial charge in [-0.3, -0.25) is 14.4 Å². The highest BCUT2D eigenvalue weighted by Crippen LogP contribution is 2.36. The monoisotopic (exact) mass is 1020 g/mol. The number of carbonyl (C=O) groups excluding carboxylic acids is 3. The van der Waals surface area contributed by atoms with Crippen LogP contribution in [0.1, 0.15) is 196 Å². The van der Waals surface area contributed by atoms with Crippen molar-refractivity contribution >= 4 is 17.8 Å². The van der Waals surface area contributed by atoms with Crippen molar-refractivity contribution in [2.24, 2.45) is 0 Å². The van der Waals surface area contributed by atoms with Crippen LogP contribution in [0.15, 0.2) is 121 Å². The molecule has 2 aliphatic rings. The van der Waals surface area contributed by atoms with E-state index in [-0.39, 0.29) is 43.9 Å². The number of rotatable bonds is 37. The van der Waals surface area contributed by atoms with Crippen LogP contribution in [-0.2, 0) is 62.3 Å². The maximum absolute atomic E-state index is 14.5. The summed E-state index contributed by atoms with van der Waals surface area (Å²) in [4.78, 5) is 42.0. The van der Waals surface area contributed by atoms with Gasteiger partial charge in [0.1, 0.15) is 24.4 Å². The Labute approximate surface area is 444 Å². The number of carbonyl (C=O) groups is 3. The Morgan fingerprint density at radius 3 is 1.61 bits per heavy atom. The molecule has 0 aromatic heterocycles. The lowest BCUT2D eigenvalue weighted by atomic mass is 9.94. The van der Waals surface area contributed by atoms with Gasteiger partial charge in [0.15, 0.2) is 18.7 Å². The lowest BCUT2D eigenvalue weighted by Crippen LogP contribution is -2.67. The normalized spacial score (nSPS) is 19.8. The number of benzene rings is 4. The number of aryl methyl sites for hydroxylation is 2. The Bertz CT molecular complexity index is 2090. The van der Waals surface area contributed by atoms with Crippen molar-refractivity contribution in [2.45, 2.75) is 230 Å². The van der Waals surface area contributed by atoms with Crippen LogP contribution >= 0.6 is 0 Å². The Morgan fingerprint density at radius 2 is 1.04 bits per heavy atom. The highest BCUT2D eigenvalue weighted by molar-refractivity contribution is 5.78. The molecule has 4 aromatic carbocycles. The zero-order valence-electron chi connectivity index (χ0n) is 44.8. The molecule has 4 aromatic rings. The first-order valence-electron chi connectivity index (χ1n) is 28.8. The highest BCUT2D eigenvalue weighted by atomic mass is 16.8. The summed E-state index contributed by atoms with van der Waals surface area (Å²) < 4.78 is 38.7. The van der Waals surface area contributed by atoms with Crippen LogP contribution in [0.5, 0.6) is 0 Å². The molecule has 0 bridgehead atoms. The molecule has 74 heavy (non-hydrogen) atoms. The van der Waals surface area contributed by atoms with Crippen molar-refractivity contribution in [1.82, 2.24) is 5.32 Å². The minimum atomic E-state index is -1.01. The van der Waals surface area contributed by atoms with Crippen LogP contribution in [0.2, 0.25) is 0 Å². The molecule has 0 unspecified atom stereocenters. The summed E-state index contributed by atoms with van der Waals surface area (Å²) in [6, 6.07) is 39.7. The van der Waals surface area contributed by atoms with Crippen molar-refractivity contribution in [3.05, 3.63) is 144 Å². The maximum Gasteiger partial charge on any atom is 0.306 e. The molecule has 2 saturated heterocycles. The summed E-state index contributed by atoms with van der Waals surface area (Å²) in [5, 5.41) is 3.20. The lowest BCUT2D eigenvalue weighted by Gasteiger charge is -2.49. The fourth-order valence-corrected chi connectivity index (χ4v) is 10.2. The van der Waals surface area contributed by atoms with Crippen molar-refractivity contribution in [3.8, 4) is 0 Å². The predicted molar refractivity (Wildman–Crippen MR) is 293 cm³/mol. The molecule has 7 atom stereocenters. The second-order valence-corrected chi connectivity index (χ2v) is 20.7. The van der Waals surface area contributed by atoms with E-state index in [1.165, 1.54) is 56.1 Å². The number of hydrogen-bond acceptors (Lipinski definition) is 9. The first kappa shape index (κ1) is 58.4. The molecule has 1 N–H and O–H groups in total. The van der Waals surface area contributed by atoms with E-state index in [0.29, 0.717) is 19.3 Å². The molecule has 404 valence electrons. The fraction of sp³-hybridized carbons (Fsp3) is 0.578. The molecule has 2 heterocycles. The predicted octanol–water partition coefficient (Wildman–Crippen LogP) is 14.6. The molecule has 2 aliphatic heterocycles. The van der Waals surface area contributed by atoms with E-state index in [1.54, 1.807) is 0 Å². The number of esters is 2. The quantitative estimate of drug-likeness (QED) is 0.0348.